The SMILES string of the molecule is Cc1cccc(C(=O)NC(C)(C)CN)n1.Cl.Cl. The van der Waals surface area contributed by atoms with E-state index in [2.05, 4.69) is 10.3 Å². The topological polar surface area (TPSA) is 68.0 Å². The molecule has 1 heterocycles. The fraction of sp³-hybridized carbons (Fsp3) is 0.455. The number of hydrogen-bond donors (Lipinski definition) is 2. The average Bonchev–Trinajstić information content (AvgIpc) is 2.17. The number of carbonyl (C=O) groups is 1. The first-order valence-electron chi connectivity index (χ1n) is 4.91. The zero-order valence-corrected chi connectivity index (χ0v) is 11.8. The lowest BCUT2D eigenvalue weighted by atomic mass is 10.1. The van der Waals surface area contributed by atoms with Crippen LogP contribution in [0.3, 0.4) is 0 Å². The number of amides is 1. The van der Waals surface area contributed by atoms with Gasteiger partial charge in [0.2, 0.25) is 0 Å². The number of hydrogen-bond acceptors (Lipinski definition) is 3. The van der Waals surface area contributed by atoms with Crippen LogP contribution in [0.5, 0.6) is 0 Å². The summed E-state index contributed by atoms with van der Waals surface area (Å²) in [7, 11) is 0. The molecule has 0 fully saturated rings. The summed E-state index contributed by atoms with van der Waals surface area (Å²) in [5, 5.41) is 2.82. The van der Waals surface area contributed by atoms with Crippen LogP contribution in [0.25, 0.3) is 0 Å². The normalized spacial score (nSPS) is 9.88. The molecule has 0 atom stereocenters. The van der Waals surface area contributed by atoms with E-state index in [9.17, 15) is 4.79 Å². The van der Waals surface area contributed by atoms with Crippen molar-refractivity contribution in [2.24, 2.45) is 5.73 Å². The Balaban J connectivity index is 0. The van der Waals surface area contributed by atoms with Crippen LogP contribution in [0.2, 0.25) is 0 Å². The number of nitrogens with zero attached hydrogens (tertiary/aromatic N) is 1. The number of nitrogens with two attached hydrogens (primary N) is 1. The highest BCUT2D eigenvalue weighted by molar-refractivity contribution is 5.92. The molecular weight excluding hydrogens is 261 g/mol. The van der Waals surface area contributed by atoms with Gasteiger partial charge in [0.1, 0.15) is 5.69 Å². The average molecular weight is 280 g/mol. The molecule has 98 valence electrons. The van der Waals surface area contributed by atoms with E-state index in [0.29, 0.717) is 12.2 Å². The Hall–Kier alpha value is -0.840. The summed E-state index contributed by atoms with van der Waals surface area (Å²) in [5.74, 6) is -0.186. The first-order chi connectivity index (χ1) is 6.94. The van der Waals surface area contributed by atoms with E-state index < -0.39 is 5.54 Å². The third-order valence-electron chi connectivity index (χ3n) is 2.08. The summed E-state index contributed by atoms with van der Waals surface area (Å²) in [6.07, 6.45) is 0. The van der Waals surface area contributed by atoms with Crippen molar-refractivity contribution < 1.29 is 4.79 Å². The van der Waals surface area contributed by atoms with Crippen LogP contribution >= 0.6 is 24.8 Å². The number of aromatic nitrogens is 1. The quantitative estimate of drug-likeness (QED) is 0.885. The fourth-order valence-corrected chi connectivity index (χ4v) is 1.09. The van der Waals surface area contributed by atoms with E-state index >= 15 is 0 Å². The van der Waals surface area contributed by atoms with Gasteiger partial charge in [-0.25, -0.2) is 4.98 Å². The molecule has 0 unspecified atom stereocenters. The van der Waals surface area contributed by atoms with Crippen LogP contribution in [0.15, 0.2) is 18.2 Å². The van der Waals surface area contributed by atoms with E-state index in [1.54, 1.807) is 6.07 Å². The molecule has 3 N–H and O–H groups in total. The molecule has 6 heteroatoms. The zero-order chi connectivity index (χ0) is 11.5. The summed E-state index contributed by atoms with van der Waals surface area (Å²) >= 11 is 0. The van der Waals surface area contributed by atoms with Gasteiger partial charge < -0.3 is 11.1 Å². The molecule has 0 spiro atoms. The van der Waals surface area contributed by atoms with Crippen molar-refractivity contribution in [2.75, 3.05) is 6.54 Å². The zero-order valence-electron chi connectivity index (χ0n) is 10.2. The van der Waals surface area contributed by atoms with Crippen molar-refractivity contribution in [2.45, 2.75) is 26.3 Å². The lowest BCUT2D eigenvalue weighted by Crippen LogP contribution is -2.49. The number of pyridine rings is 1. The van der Waals surface area contributed by atoms with Crippen LogP contribution in [-0.2, 0) is 0 Å². The molecule has 0 aliphatic heterocycles. The minimum atomic E-state index is -0.400. The maximum absolute atomic E-state index is 11.7. The van der Waals surface area contributed by atoms with Crippen LogP contribution in [0, 0.1) is 6.92 Å². The van der Waals surface area contributed by atoms with Crippen LogP contribution < -0.4 is 11.1 Å². The highest BCUT2D eigenvalue weighted by Crippen LogP contribution is 2.03. The Labute approximate surface area is 114 Å². The van der Waals surface area contributed by atoms with E-state index in [0.717, 1.165) is 5.69 Å². The molecule has 0 aromatic carbocycles. The van der Waals surface area contributed by atoms with Crippen molar-refractivity contribution in [1.82, 2.24) is 10.3 Å². The molecule has 0 saturated carbocycles. The predicted molar refractivity (Wildman–Crippen MR) is 74.1 cm³/mol. The maximum atomic E-state index is 11.7. The molecule has 1 aromatic heterocycles. The first-order valence-corrected chi connectivity index (χ1v) is 4.91. The first kappa shape index (κ1) is 18.5. The number of carbonyl (C=O) groups excluding carboxylic acids is 1. The predicted octanol–water partition coefficient (Wildman–Crippen LogP) is 1.70. The molecule has 0 bridgehead atoms. The van der Waals surface area contributed by atoms with Crippen LogP contribution in [-0.4, -0.2) is 23.0 Å². The van der Waals surface area contributed by atoms with E-state index in [1.807, 2.05) is 32.9 Å². The van der Waals surface area contributed by atoms with Gasteiger partial charge in [-0.1, -0.05) is 6.07 Å². The summed E-state index contributed by atoms with van der Waals surface area (Å²) in [5.41, 5.74) is 6.38. The molecule has 1 rings (SSSR count). The third-order valence-corrected chi connectivity index (χ3v) is 2.08. The number of halogens is 2. The molecule has 0 saturated heterocycles. The highest BCUT2D eigenvalue weighted by Gasteiger charge is 2.19. The van der Waals surface area contributed by atoms with Crippen molar-refractivity contribution in [3.63, 3.8) is 0 Å². The molecule has 1 amide bonds. The van der Waals surface area contributed by atoms with Crippen LogP contribution in [0.4, 0.5) is 0 Å². The Morgan fingerprint density at radius 2 is 2.00 bits per heavy atom. The van der Waals surface area contributed by atoms with Gasteiger partial charge in [-0.2, -0.15) is 0 Å². The molecule has 0 aliphatic rings. The standard InChI is InChI=1S/C11H17N3O.2ClH/c1-8-5-4-6-9(13-8)10(15)14-11(2,3)7-12;;/h4-6H,7,12H2,1-3H3,(H,14,15);2*1H. The largest absolute Gasteiger partial charge is 0.345 e. The monoisotopic (exact) mass is 279 g/mol. The Kier molecular flexibility index (Phi) is 8.15. The van der Waals surface area contributed by atoms with Crippen molar-refractivity contribution in [1.29, 1.82) is 0 Å². The number of aryl methyl sites for hydroxylation is 1. The molecule has 0 radical (unpaired) electrons. The second-order valence-electron chi connectivity index (χ2n) is 4.21. The van der Waals surface area contributed by atoms with Gasteiger partial charge in [-0.05, 0) is 32.9 Å². The molecule has 4 nitrogen and oxygen atoms in total. The minimum Gasteiger partial charge on any atom is -0.345 e. The van der Waals surface area contributed by atoms with Gasteiger partial charge in [0.15, 0.2) is 0 Å². The lowest BCUT2D eigenvalue weighted by molar-refractivity contribution is 0.0910. The summed E-state index contributed by atoms with van der Waals surface area (Å²) in [6.45, 7) is 6.00. The van der Waals surface area contributed by atoms with Gasteiger partial charge in [-0.15, -0.1) is 24.8 Å². The number of nitrogens with one attached hydrogen (secondary N) is 1. The lowest BCUT2D eigenvalue weighted by Gasteiger charge is -2.23. The van der Waals surface area contributed by atoms with Crippen molar-refractivity contribution >= 4 is 30.7 Å². The van der Waals surface area contributed by atoms with Crippen LogP contribution in [0.1, 0.15) is 30.0 Å². The smallest absolute Gasteiger partial charge is 0.270 e. The molecule has 1 aromatic rings. The second-order valence-corrected chi connectivity index (χ2v) is 4.21. The van der Waals surface area contributed by atoms with E-state index in [-0.39, 0.29) is 30.7 Å². The summed E-state index contributed by atoms with van der Waals surface area (Å²) in [4.78, 5) is 15.9. The summed E-state index contributed by atoms with van der Waals surface area (Å²) < 4.78 is 0. The van der Waals surface area contributed by atoms with Gasteiger partial charge in [0, 0.05) is 17.8 Å². The molecule has 17 heavy (non-hydrogen) atoms. The van der Waals surface area contributed by atoms with Gasteiger partial charge >= 0.3 is 0 Å². The Morgan fingerprint density at radius 1 is 1.41 bits per heavy atom. The molecule has 0 aliphatic carbocycles. The summed E-state index contributed by atoms with van der Waals surface area (Å²) in [6, 6.07) is 5.35. The van der Waals surface area contributed by atoms with Crippen molar-refractivity contribution in [3.8, 4) is 0 Å². The number of rotatable bonds is 3. The van der Waals surface area contributed by atoms with Gasteiger partial charge in [0.05, 0.1) is 0 Å². The third kappa shape index (κ3) is 5.86. The Morgan fingerprint density at radius 3 is 2.47 bits per heavy atom. The van der Waals surface area contributed by atoms with E-state index in [4.69, 9.17) is 5.73 Å². The molecular formula is C11H19Cl2N3O. The maximum Gasteiger partial charge on any atom is 0.270 e. The van der Waals surface area contributed by atoms with Crippen molar-refractivity contribution in [3.05, 3.63) is 29.6 Å². The fourth-order valence-electron chi connectivity index (χ4n) is 1.09. The minimum absolute atomic E-state index is 0. The Bertz CT molecular complexity index is 369. The highest BCUT2D eigenvalue weighted by atomic mass is 35.5. The second kappa shape index (κ2) is 7.48. The van der Waals surface area contributed by atoms with Gasteiger partial charge in [0.25, 0.3) is 5.91 Å². The van der Waals surface area contributed by atoms with Gasteiger partial charge in [-0.3, -0.25) is 4.79 Å². The van der Waals surface area contributed by atoms with E-state index in [1.165, 1.54) is 0 Å².